The smallest absolute Gasteiger partial charge is 0.478 e. The van der Waals surface area contributed by atoms with Crippen molar-refractivity contribution in [3.05, 3.63) is 141 Å². The van der Waals surface area contributed by atoms with Gasteiger partial charge in [-0.25, -0.2) is 24.1 Å². The highest BCUT2D eigenvalue weighted by Crippen LogP contribution is 2.46. The van der Waals surface area contributed by atoms with E-state index in [2.05, 4.69) is 129 Å². The molecule has 4 saturated heterocycles. The molecule has 4 N–H and O–H groups in total. The summed E-state index contributed by atoms with van der Waals surface area (Å²) >= 11 is 2.21. The Kier molecular flexibility index (Phi) is 28.4. The Morgan fingerprint density at radius 3 is 1.66 bits per heavy atom. The van der Waals surface area contributed by atoms with Gasteiger partial charge in [-0.2, -0.15) is 10.2 Å². The van der Waals surface area contributed by atoms with E-state index in [9.17, 15) is 24.4 Å². The SMILES string of the molecule is CC/C(B(O)O)=C(/c1ccc(OCCN(C/C=C/C(=O)NC)C(=O)OC(C)(C)C)nc1)c1ccc2c(cnn2C2CCCCO2)c1.CC/C(B1OC(C)(C)C(C)(C)O1)=C(/B1OC(C)(C)C(C)(C)O1)c1ccc2c(cnn2C2CCCCO2)c1.CNC(=O)/C=C/CCCCOc1ccc(I)cn1. The number of ether oxygens (including phenoxy) is 5. The molecule has 2 aromatic carbocycles. The zero-order valence-corrected chi connectivity index (χ0v) is 63.8. The Morgan fingerprint density at radius 2 is 1.18 bits per heavy atom. The average Bonchev–Trinajstić information content (AvgIpc) is 1.59. The lowest BCUT2D eigenvalue weighted by atomic mass is 9.61. The normalized spacial score (nSPS) is 19.0. The minimum atomic E-state index is -1.65. The summed E-state index contributed by atoms with van der Waals surface area (Å²) in [7, 11) is 0.460. The Morgan fingerprint density at radius 1 is 0.663 bits per heavy atom. The maximum absolute atomic E-state index is 12.8. The number of allylic oxidation sites excluding steroid dienone is 3. The lowest BCUT2D eigenvalue weighted by Gasteiger charge is -2.32. The number of rotatable bonds is 24. The number of unbranched alkanes of at least 4 members (excludes halogenated alkanes) is 2. The molecule has 101 heavy (non-hydrogen) atoms. The summed E-state index contributed by atoms with van der Waals surface area (Å²) in [6, 6.07) is 19.7. The van der Waals surface area contributed by atoms with E-state index in [4.69, 9.17) is 47.4 Å². The third-order valence-corrected chi connectivity index (χ3v) is 19.4. The van der Waals surface area contributed by atoms with E-state index in [0.717, 1.165) is 125 Å². The minimum Gasteiger partial charge on any atom is -0.478 e. The van der Waals surface area contributed by atoms with Crippen molar-refractivity contribution in [1.82, 2.24) is 45.1 Å². The van der Waals surface area contributed by atoms with Gasteiger partial charge in [0.05, 0.1) is 59.0 Å². The number of aromatic nitrogens is 6. The highest BCUT2D eigenvalue weighted by molar-refractivity contribution is 14.1. The Labute approximate surface area is 610 Å². The molecule has 4 aromatic heterocycles. The van der Waals surface area contributed by atoms with Crippen LogP contribution in [0, 0.1) is 3.57 Å². The lowest BCUT2D eigenvalue weighted by molar-refractivity contribution is -0.116. The summed E-state index contributed by atoms with van der Waals surface area (Å²) in [5, 5.41) is 36.9. The first-order chi connectivity index (χ1) is 48.0. The van der Waals surface area contributed by atoms with Crippen molar-refractivity contribution >= 4 is 94.7 Å². The molecule has 0 radical (unpaired) electrons. The first-order valence-corrected chi connectivity index (χ1v) is 36.4. The monoisotopic (exact) mass is 1500 g/mol. The highest BCUT2D eigenvalue weighted by Gasteiger charge is 2.57. The molecule has 10 rings (SSSR count). The molecule has 3 amide bonds. The number of nitrogens with zero attached hydrogens (tertiary/aromatic N) is 7. The molecule has 0 saturated carbocycles. The van der Waals surface area contributed by atoms with E-state index < -0.39 is 55.5 Å². The molecular weight excluding hydrogens is 1400 g/mol. The third kappa shape index (κ3) is 21.4. The summed E-state index contributed by atoms with van der Waals surface area (Å²) < 4.78 is 60.1. The van der Waals surface area contributed by atoms with Gasteiger partial charge in [0.2, 0.25) is 23.6 Å². The van der Waals surface area contributed by atoms with Crippen LogP contribution in [0.1, 0.15) is 190 Å². The van der Waals surface area contributed by atoms with E-state index in [1.54, 1.807) is 64.6 Å². The van der Waals surface area contributed by atoms with E-state index in [0.29, 0.717) is 41.4 Å². The number of benzene rings is 2. The quantitative estimate of drug-likeness (QED) is 0.0190. The van der Waals surface area contributed by atoms with E-state index in [-0.39, 0.29) is 44.0 Å². The molecule has 6 aromatic rings. The van der Waals surface area contributed by atoms with Gasteiger partial charge in [0, 0.05) is 84.4 Å². The van der Waals surface area contributed by atoms with Crippen molar-refractivity contribution in [2.45, 2.75) is 201 Å². The second kappa shape index (κ2) is 36.0. The molecule has 27 heteroatoms. The number of halogens is 1. The van der Waals surface area contributed by atoms with Crippen LogP contribution >= 0.6 is 22.6 Å². The molecule has 544 valence electrons. The molecule has 4 aliphatic heterocycles. The van der Waals surface area contributed by atoms with Gasteiger partial charge in [-0.05, 0) is 245 Å². The fourth-order valence-corrected chi connectivity index (χ4v) is 12.1. The molecule has 2 unspecified atom stereocenters. The second-order valence-corrected chi connectivity index (χ2v) is 29.6. The van der Waals surface area contributed by atoms with Crippen LogP contribution in [0.25, 0.3) is 32.9 Å². The maximum Gasteiger partial charge on any atom is 0.494 e. The number of hydrogen-bond acceptors (Lipinski definition) is 18. The van der Waals surface area contributed by atoms with Crippen LogP contribution in [0.3, 0.4) is 0 Å². The second-order valence-electron chi connectivity index (χ2n) is 28.3. The number of carbonyl (C=O) groups excluding carboxylic acids is 3. The summed E-state index contributed by atoms with van der Waals surface area (Å²) in [6.45, 7) is 28.7. The van der Waals surface area contributed by atoms with Crippen molar-refractivity contribution in [3.63, 3.8) is 0 Å². The molecule has 0 bridgehead atoms. The predicted octanol–water partition coefficient (Wildman–Crippen LogP) is 13.0. The first-order valence-electron chi connectivity index (χ1n) is 35.3. The third-order valence-electron chi connectivity index (χ3n) is 18.8. The van der Waals surface area contributed by atoms with Gasteiger partial charge in [0.1, 0.15) is 12.2 Å². The molecule has 4 fully saturated rings. The number of fused-ring (bicyclic) bond motifs is 2. The first kappa shape index (κ1) is 79.8. The van der Waals surface area contributed by atoms with Gasteiger partial charge in [-0.15, -0.1) is 0 Å². The number of likely N-dealkylation sites (N-methyl/N-ethyl adjacent to an activating group) is 2. The van der Waals surface area contributed by atoms with Crippen molar-refractivity contribution < 1.29 is 66.7 Å². The topological polar surface area (TPSA) is 263 Å². The summed E-state index contributed by atoms with van der Waals surface area (Å²) in [5.41, 5.74) is 5.17. The van der Waals surface area contributed by atoms with Crippen LogP contribution in [-0.2, 0) is 42.4 Å². The standard InChI is InChI=1S/C33H44BN5O7.C28H42B2N2O5.C13H17IN2O2/c1-6-26(34(42)43)31(23-12-14-27-25(20-23)22-37-39(27)30-11-7-8-18-45-30)24-13-15-29(36-21-24)44-19-17-38(16-9-10-28(40)35-5)32(41)46-33(2,3)4;1-10-21(29-34-25(2,3)26(4,5)35-29)24(30-36-27(6,7)28(8,9)37-30)19-14-15-22-20(17-19)18-31-32(22)23-13-11-12-16-33-23;1-15-12(17)6-4-2-3-5-9-18-13-8-7-11(14)10-16-13/h9-10,12-15,20-22,30,42-43H,6-8,11,16-19H2,1-5H3,(H,35,40);14-15,17-18,23H,10-13,16H2,1-9H3;4,6-8,10H,2-3,5,9H2,1H3,(H,15,17)/b10-9+,31-26-;24-21-;6-4+. The van der Waals surface area contributed by atoms with Gasteiger partial charge >= 0.3 is 27.4 Å². The van der Waals surface area contributed by atoms with Crippen molar-refractivity contribution in [1.29, 1.82) is 0 Å². The zero-order chi connectivity index (χ0) is 73.3. The average molecular weight is 1500 g/mol. The molecule has 4 aliphatic rings. The van der Waals surface area contributed by atoms with Gasteiger partial charge in [-0.3, -0.25) is 9.59 Å². The van der Waals surface area contributed by atoms with Gasteiger partial charge < -0.3 is 67.9 Å². The highest BCUT2D eigenvalue weighted by atomic mass is 127. The van der Waals surface area contributed by atoms with Gasteiger partial charge in [-0.1, -0.05) is 38.1 Å². The fourth-order valence-electron chi connectivity index (χ4n) is 11.7. The van der Waals surface area contributed by atoms with Crippen LogP contribution in [0.5, 0.6) is 11.8 Å². The predicted molar refractivity (Wildman–Crippen MR) is 403 cm³/mol. The molecule has 8 heterocycles. The Balaban J connectivity index is 0.000000210. The summed E-state index contributed by atoms with van der Waals surface area (Å²) in [6.07, 6.45) is 23.2. The molecule has 0 aliphatic carbocycles. The maximum atomic E-state index is 12.8. The van der Waals surface area contributed by atoms with Crippen molar-refractivity contribution in [3.8, 4) is 11.8 Å². The van der Waals surface area contributed by atoms with Crippen LogP contribution < -0.4 is 20.1 Å². The summed E-state index contributed by atoms with van der Waals surface area (Å²) in [5.74, 6) is 0.660. The zero-order valence-electron chi connectivity index (χ0n) is 61.6. The molecule has 2 atom stereocenters. The number of nitrogens with one attached hydrogen (secondary N) is 2. The minimum absolute atomic E-state index is 0.00818. The number of carbonyl (C=O) groups is 3. The largest absolute Gasteiger partial charge is 0.494 e. The number of hydrogen-bond donors (Lipinski definition) is 4. The van der Waals surface area contributed by atoms with Crippen molar-refractivity contribution in [2.75, 3.05) is 53.6 Å². The van der Waals surface area contributed by atoms with Crippen LogP contribution in [0.2, 0.25) is 0 Å². The van der Waals surface area contributed by atoms with Gasteiger partial charge in [0.15, 0.2) is 12.5 Å². The van der Waals surface area contributed by atoms with Crippen molar-refractivity contribution in [2.24, 2.45) is 0 Å². The van der Waals surface area contributed by atoms with Crippen LogP contribution in [0.15, 0.2) is 121 Å². The van der Waals surface area contributed by atoms with E-state index >= 15 is 0 Å². The van der Waals surface area contributed by atoms with E-state index in [1.165, 1.54) is 18.0 Å². The van der Waals surface area contributed by atoms with Crippen LogP contribution in [-0.4, -0.2) is 165 Å². The van der Waals surface area contributed by atoms with Crippen LogP contribution in [0.4, 0.5) is 4.79 Å². The fraction of sp³-hybridized carbons (Fsp3) is 0.527. The summed E-state index contributed by atoms with van der Waals surface area (Å²) in [4.78, 5) is 45.3. The van der Waals surface area contributed by atoms with E-state index in [1.807, 2.05) is 65.0 Å². The molecule has 0 spiro atoms. The lowest BCUT2D eigenvalue weighted by Crippen LogP contribution is -2.41. The Bertz CT molecular complexity index is 3820. The molecule has 23 nitrogen and oxygen atoms in total. The number of amides is 3. The Hall–Kier alpha value is -6.95. The number of pyridine rings is 2. The van der Waals surface area contributed by atoms with Gasteiger partial charge in [0.25, 0.3) is 0 Å². The molecular formula is C74H103B3IN9O14.